The second kappa shape index (κ2) is 5.87. The molecular formula is C13H10FN3O3. The number of nitro benzene ring substituents is 1. The van der Waals surface area contributed by atoms with E-state index in [0.717, 1.165) is 0 Å². The molecule has 0 aliphatic carbocycles. The molecule has 1 heterocycles. The summed E-state index contributed by atoms with van der Waals surface area (Å²) >= 11 is 0. The van der Waals surface area contributed by atoms with Crippen LogP contribution in [0.2, 0.25) is 0 Å². The topological polar surface area (TPSA) is 85.1 Å². The molecule has 6 nitrogen and oxygen atoms in total. The minimum absolute atomic E-state index is 0.0652. The smallest absolute Gasteiger partial charge is 0.274 e. The summed E-state index contributed by atoms with van der Waals surface area (Å²) < 4.78 is 13.3. The van der Waals surface area contributed by atoms with Gasteiger partial charge in [-0.1, -0.05) is 18.2 Å². The number of amides is 1. The molecule has 0 atom stereocenters. The molecule has 7 heteroatoms. The maximum absolute atomic E-state index is 13.3. The number of nitrogens with one attached hydrogen (secondary N) is 1. The van der Waals surface area contributed by atoms with Crippen molar-refractivity contribution in [3.63, 3.8) is 0 Å². The molecule has 0 radical (unpaired) electrons. The van der Waals surface area contributed by atoms with Gasteiger partial charge >= 0.3 is 0 Å². The van der Waals surface area contributed by atoms with Gasteiger partial charge < -0.3 is 5.32 Å². The average Bonchev–Trinajstić information content (AvgIpc) is 2.45. The number of nitro groups is 1. The summed E-state index contributed by atoms with van der Waals surface area (Å²) in [5, 5.41) is 13.2. The van der Waals surface area contributed by atoms with Crippen molar-refractivity contribution in [1.82, 2.24) is 10.3 Å². The fraction of sp³-hybridized carbons (Fsp3) is 0.0769. The van der Waals surface area contributed by atoms with E-state index in [1.165, 1.54) is 36.5 Å². The van der Waals surface area contributed by atoms with E-state index >= 15 is 0 Å². The number of nitrogens with zero attached hydrogens (tertiary/aromatic N) is 2. The number of carbonyl (C=O) groups excluding carboxylic acids is 1. The van der Waals surface area contributed by atoms with Crippen LogP contribution in [0, 0.1) is 16.1 Å². The second-order valence-electron chi connectivity index (χ2n) is 3.91. The van der Waals surface area contributed by atoms with Gasteiger partial charge in [-0.15, -0.1) is 0 Å². The van der Waals surface area contributed by atoms with E-state index in [0.29, 0.717) is 5.56 Å². The molecule has 1 N–H and O–H groups in total. The molecule has 0 unspecified atom stereocenters. The zero-order chi connectivity index (χ0) is 14.5. The number of aromatic nitrogens is 1. The summed E-state index contributed by atoms with van der Waals surface area (Å²) in [6, 6.07) is 8.74. The molecule has 0 aliphatic heterocycles. The number of hydrogen-bond donors (Lipinski definition) is 1. The number of rotatable bonds is 4. The van der Waals surface area contributed by atoms with Crippen LogP contribution in [0.5, 0.6) is 0 Å². The lowest BCUT2D eigenvalue weighted by atomic mass is 10.1. The van der Waals surface area contributed by atoms with Crippen molar-refractivity contribution in [2.24, 2.45) is 0 Å². The summed E-state index contributed by atoms with van der Waals surface area (Å²) in [7, 11) is 0. The third-order valence-corrected chi connectivity index (χ3v) is 2.63. The zero-order valence-corrected chi connectivity index (χ0v) is 10.2. The first-order valence-electron chi connectivity index (χ1n) is 5.70. The fourth-order valence-electron chi connectivity index (χ4n) is 1.66. The highest BCUT2D eigenvalue weighted by Gasteiger charge is 2.15. The summed E-state index contributed by atoms with van der Waals surface area (Å²) in [6.07, 6.45) is 1.23. The summed E-state index contributed by atoms with van der Waals surface area (Å²) in [6.45, 7) is -0.0652. The first-order valence-corrected chi connectivity index (χ1v) is 5.70. The third kappa shape index (κ3) is 2.94. The minimum Gasteiger partial charge on any atom is -0.348 e. The molecule has 0 saturated carbocycles. The number of hydrogen-bond acceptors (Lipinski definition) is 4. The Kier molecular flexibility index (Phi) is 3.99. The van der Waals surface area contributed by atoms with Crippen molar-refractivity contribution in [2.45, 2.75) is 6.54 Å². The Morgan fingerprint density at radius 3 is 2.75 bits per heavy atom. The molecule has 0 spiro atoms. The summed E-state index contributed by atoms with van der Waals surface area (Å²) in [5.74, 6) is -1.55. The van der Waals surface area contributed by atoms with Crippen LogP contribution in [-0.4, -0.2) is 15.8 Å². The Balaban J connectivity index is 2.12. The van der Waals surface area contributed by atoms with E-state index < -0.39 is 16.8 Å². The van der Waals surface area contributed by atoms with Crippen molar-refractivity contribution >= 4 is 11.6 Å². The van der Waals surface area contributed by atoms with Crippen LogP contribution in [0.25, 0.3) is 0 Å². The van der Waals surface area contributed by atoms with Crippen LogP contribution in [0.4, 0.5) is 10.1 Å². The molecule has 0 fully saturated rings. The Morgan fingerprint density at radius 1 is 1.30 bits per heavy atom. The highest BCUT2D eigenvalue weighted by Crippen LogP contribution is 2.17. The molecule has 1 aromatic heterocycles. The van der Waals surface area contributed by atoms with E-state index in [1.54, 1.807) is 6.07 Å². The Labute approximate surface area is 113 Å². The van der Waals surface area contributed by atoms with Gasteiger partial charge in [-0.25, -0.2) is 4.98 Å². The van der Waals surface area contributed by atoms with Crippen LogP contribution in [0.1, 0.15) is 15.9 Å². The van der Waals surface area contributed by atoms with E-state index in [9.17, 15) is 19.3 Å². The Hall–Kier alpha value is -2.83. The molecule has 2 aromatic rings. The van der Waals surface area contributed by atoms with Crippen molar-refractivity contribution in [3.05, 3.63) is 69.8 Å². The molecule has 2 rings (SSSR count). The first-order chi connectivity index (χ1) is 9.59. The molecular weight excluding hydrogens is 265 g/mol. The lowest BCUT2D eigenvalue weighted by Crippen LogP contribution is -2.24. The second-order valence-corrected chi connectivity index (χ2v) is 3.91. The molecule has 102 valence electrons. The fourth-order valence-corrected chi connectivity index (χ4v) is 1.66. The van der Waals surface area contributed by atoms with E-state index in [4.69, 9.17) is 0 Å². The van der Waals surface area contributed by atoms with Gasteiger partial charge in [-0.2, -0.15) is 4.39 Å². The maximum Gasteiger partial charge on any atom is 0.274 e. The Morgan fingerprint density at radius 2 is 2.05 bits per heavy atom. The van der Waals surface area contributed by atoms with Gasteiger partial charge in [0.1, 0.15) is 0 Å². The van der Waals surface area contributed by atoms with E-state index in [2.05, 4.69) is 10.3 Å². The van der Waals surface area contributed by atoms with Gasteiger partial charge in [-0.3, -0.25) is 14.9 Å². The van der Waals surface area contributed by atoms with E-state index in [-0.39, 0.29) is 17.8 Å². The number of halogens is 1. The van der Waals surface area contributed by atoms with Crippen molar-refractivity contribution in [3.8, 4) is 0 Å². The predicted molar refractivity (Wildman–Crippen MR) is 68.5 cm³/mol. The normalized spacial score (nSPS) is 10.1. The molecule has 1 amide bonds. The van der Waals surface area contributed by atoms with Crippen LogP contribution >= 0.6 is 0 Å². The highest BCUT2D eigenvalue weighted by atomic mass is 19.1. The monoisotopic (exact) mass is 275 g/mol. The molecule has 0 aliphatic rings. The predicted octanol–water partition coefficient (Wildman–Crippen LogP) is 2.06. The van der Waals surface area contributed by atoms with Crippen LogP contribution in [-0.2, 0) is 6.54 Å². The molecule has 0 saturated heterocycles. The number of para-hydroxylation sites is 1. The number of benzene rings is 1. The van der Waals surface area contributed by atoms with E-state index in [1.807, 2.05) is 0 Å². The highest BCUT2D eigenvalue weighted by molar-refractivity contribution is 5.94. The van der Waals surface area contributed by atoms with Gasteiger partial charge in [-0.05, 0) is 12.1 Å². The molecule has 1 aromatic carbocycles. The summed E-state index contributed by atoms with van der Waals surface area (Å²) in [5.41, 5.74) is 0.0423. The standard InChI is InChI=1S/C13H10FN3O3/c14-12-10(5-3-7-15-12)13(18)16-8-9-4-1-2-6-11(9)17(19)20/h1-7H,8H2,(H,16,18). The van der Waals surface area contributed by atoms with Crippen LogP contribution in [0.3, 0.4) is 0 Å². The average molecular weight is 275 g/mol. The zero-order valence-electron chi connectivity index (χ0n) is 10.2. The van der Waals surface area contributed by atoms with Crippen LogP contribution in [0.15, 0.2) is 42.6 Å². The number of pyridine rings is 1. The van der Waals surface area contributed by atoms with Gasteiger partial charge in [0, 0.05) is 24.4 Å². The minimum atomic E-state index is -0.882. The third-order valence-electron chi connectivity index (χ3n) is 2.63. The largest absolute Gasteiger partial charge is 0.348 e. The van der Waals surface area contributed by atoms with Crippen molar-refractivity contribution in [1.29, 1.82) is 0 Å². The quantitative estimate of drug-likeness (QED) is 0.525. The van der Waals surface area contributed by atoms with Crippen molar-refractivity contribution < 1.29 is 14.1 Å². The van der Waals surface area contributed by atoms with Gasteiger partial charge in [0.25, 0.3) is 11.6 Å². The molecule has 0 bridgehead atoms. The van der Waals surface area contributed by atoms with Gasteiger partial charge in [0.15, 0.2) is 0 Å². The van der Waals surface area contributed by atoms with Gasteiger partial charge in [0.2, 0.25) is 5.95 Å². The lowest BCUT2D eigenvalue weighted by molar-refractivity contribution is -0.385. The summed E-state index contributed by atoms with van der Waals surface area (Å²) in [4.78, 5) is 25.4. The molecule has 20 heavy (non-hydrogen) atoms. The van der Waals surface area contributed by atoms with Gasteiger partial charge in [0.05, 0.1) is 10.5 Å². The number of carbonyl (C=O) groups is 1. The SMILES string of the molecule is O=C(NCc1ccccc1[N+](=O)[O-])c1cccnc1F. The first kappa shape index (κ1) is 13.6. The Bertz CT molecular complexity index is 661. The van der Waals surface area contributed by atoms with Crippen molar-refractivity contribution in [2.75, 3.05) is 0 Å². The lowest BCUT2D eigenvalue weighted by Gasteiger charge is -2.06. The maximum atomic E-state index is 13.3. The van der Waals surface area contributed by atoms with Crippen LogP contribution < -0.4 is 5.32 Å².